The zero-order valence-electron chi connectivity index (χ0n) is 13.7. The van der Waals surface area contributed by atoms with Crippen molar-refractivity contribution >= 4 is 39.5 Å². The van der Waals surface area contributed by atoms with Crippen molar-refractivity contribution in [3.05, 3.63) is 26.9 Å². The summed E-state index contributed by atoms with van der Waals surface area (Å²) in [5, 5.41) is 5.62. The number of halogens is 6. The van der Waals surface area contributed by atoms with Gasteiger partial charge < -0.3 is 9.80 Å². The number of hydrogen-bond donors (Lipinski definition) is 0. The van der Waals surface area contributed by atoms with E-state index in [1.165, 1.54) is 4.90 Å². The molecule has 1 aliphatic rings. The van der Waals surface area contributed by atoms with E-state index in [-0.39, 0.29) is 36.2 Å². The Bertz CT molecular complexity index is 883. The van der Waals surface area contributed by atoms with Gasteiger partial charge in [-0.15, -0.1) is 21.5 Å². The minimum Gasteiger partial charge on any atom is -0.343 e. The summed E-state index contributed by atoms with van der Waals surface area (Å²) in [5.74, 6) is -2.56. The van der Waals surface area contributed by atoms with Crippen LogP contribution in [-0.2, 0) is 6.18 Å². The highest BCUT2D eigenvalue weighted by molar-refractivity contribution is 7.16. The number of anilines is 1. The number of nitrogens with zero attached hydrogens (tertiary/aromatic N) is 4. The van der Waals surface area contributed by atoms with E-state index in [0.717, 1.165) is 12.1 Å². The maximum Gasteiger partial charge on any atom is 0.455 e. The molecular formula is C14H10F6N4O2S2. The minimum atomic E-state index is -5.02. The molecule has 0 saturated carbocycles. The summed E-state index contributed by atoms with van der Waals surface area (Å²) >= 11 is 0.848. The van der Waals surface area contributed by atoms with Gasteiger partial charge in [0.1, 0.15) is 0 Å². The van der Waals surface area contributed by atoms with Crippen LogP contribution >= 0.6 is 22.7 Å². The lowest BCUT2D eigenvalue weighted by Crippen LogP contribution is -2.48. The van der Waals surface area contributed by atoms with Crippen molar-refractivity contribution in [2.45, 2.75) is 12.4 Å². The predicted molar refractivity (Wildman–Crippen MR) is 87.7 cm³/mol. The van der Waals surface area contributed by atoms with Crippen LogP contribution in [0.5, 0.6) is 0 Å². The average molecular weight is 444 g/mol. The number of carbonyl (C=O) groups is 2. The van der Waals surface area contributed by atoms with E-state index in [0.29, 0.717) is 22.7 Å². The molecule has 2 aromatic heterocycles. The summed E-state index contributed by atoms with van der Waals surface area (Å²) in [4.78, 5) is 25.9. The lowest BCUT2D eigenvalue weighted by molar-refractivity contribution is -0.138. The number of aromatic nitrogens is 2. The van der Waals surface area contributed by atoms with E-state index in [1.807, 2.05) is 0 Å². The number of amides is 1. The first-order chi connectivity index (χ1) is 13.0. The number of Topliss-reactive ketones (excluding diaryl/α,β-unsaturated/α-hetero) is 1. The third kappa shape index (κ3) is 4.27. The molecule has 1 fully saturated rings. The van der Waals surface area contributed by atoms with E-state index in [2.05, 4.69) is 10.2 Å². The van der Waals surface area contributed by atoms with Gasteiger partial charge in [-0.2, -0.15) is 26.3 Å². The Hall–Kier alpha value is -2.22. The maximum atomic E-state index is 12.6. The zero-order chi connectivity index (χ0) is 20.7. The molecule has 0 atom stereocenters. The van der Waals surface area contributed by atoms with Gasteiger partial charge >= 0.3 is 12.4 Å². The largest absolute Gasteiger partial charge is 0.455 e. The van der Waals surface area contributed by atoms with E-state index in [9.17, 15) is 35.9 Å². The minimum absolute atomic E-state index is 0.0173. The Labute approximate surface area is 161 Å². The number of rotatable bonds is 3. The first kappa shape index (κ1) is 20.5. The molecule has 2 aromatic rings. The first-order valence-electron chi connectivity index (χ1n) is 7.63. The van der Waals surface area contributed by atoms with Gasteiger partial charge in [0.05, 0.1) is 9.75 Å². The van der Waals surface area contributed by atoms with Crippen LogP contribution in [0.4, 0.5) is 31.5 Å². The molecule has 1 amide bonds. The van der Waals surface area contributed by atoms with Crippen LogP contribution in [-0.4, -0.2) is 59.1 Å². The predicted octanol–water partition coefficient (Wildman–Crippen LogP) is 3.33. The van der Waals surface area contributed by atoms with Crippen molar-refractivity contribution in [1.29, 1.82) is 0 Å². The van der Waals surface area contributed by atoms with Crippen LogP contribution in [0.25, 0.3) is 0 Å². The van der Waals surface area contributed by atoms with E-state index in [1.54, 1.807) is 4.90 Å². The third-order valence-electron chi connectivity index (χ3n) is 3.79. The Morgan fingerprint density at radius 1 is 0.893 bits per heavy atom. The summed E-state index contributed by atoms with van der Waals surface area (Å²) in [5.41, 5.74) is 0. The molecule has 152 valence electrons. The molecule has 3 rings (SSSR count). The van der Waals surface area contributed by atoms with Crippen LogP contribution in [0.3, 0.4) is 0 Å². The summed E-state index contributed by atoms with van der Waals surface area (Å²) in [7, 11) is 0. The SMILES string of the molecule is O=C(c1ccc(C(=O)C(F)(F)F)s1)N1CCN(c2nnc(C(F)(F)F)s2)CC1. The van der Waals surface area contributed by atoms with Crippen molar-refractivity contribution in [3.8, 4) is 0 Å². The van der Waals surface area contributed by atoms with Crippen LogP contribution in [0, 0.1) is 0 Å². The fourth-order valence-electron chi connectivity index (χ4n) is 2.43. The lowest BCUT2D eigenvalue weighted by Gasteiger charge is -2.34. The highest BCUT2D eigenvalue weighted by Crippen LogP contribution is 2.34. The van der Waals surface area contributed by atoms with Gasteiger partial charge in [0, 0.05) is 26.2 Å². The van der Waals surface area contributed by atoms with Crippen LogP contribution < -0.4 is 4.90 Å². The molecule has 0 bridgehead atoms. The monoisotopic (exact) mass is 444 g/mol. The van der Waals surface area contributed by atoms with Gasteiger partial charge in [-0.3, -0.25) is 9.59 Å². The van der Waals surface area contributed by atoms with Gasteiger partial charge in [-0.25, -0.2) is 0 Å². The molecule has 3 heterocycles. The highest BCUT2D eigenvalue weighted by atomic mass is 32.1. The summed E-state index contributed by atoms with van der Waals surface area (Å²) < 4.78 is 75.2. The first-order valence-corrected chi connectivity index (χ1v) is 9.26. The normalized spacial score (nSPS) is 15.8. The fourth-order valence-corrected chi connectivity index (χ4v) is 4.13. The molecule has 0 aromatic carbocycles. The topological polar surface area (TPSA) is 66.4 Å². The number of hydrogen-bond acceptors (Lipinski definition) is 7. The smallest absolute Gasteiger partial charge is 0.343 e. The number of thiophene rings is 1. The molecule has 0 N–H and O–H groups in total. The molecular weight excluding hydrogens is 434 g/mol. The van der Waals surface area contributed by atoms with Gasteiger partial charge in [0.15, 0.2) is 0 Å². The highest BCUT2D eigenvalue weighted by Gasteiger charge is 2.40. The van der Waals surface area contributed by atoms with Crippen LogP contribution in [0.1, 0.15) is 24.4 Å². The van der Waals surface area contributed by atoms with Crippen LogP contribution in [0.15, 0.2) is 12.1 Å². The summed E-state index contributed by atoms with van der Waals surface area (Å²) in [6, 6.07) is 2.10. The molecule has 0 radical (unpaired) electrons. The van der Waals surface area contributed by atoms with Crippen molar-refractivity contribution < 1.29 is 35.9 Å². The standard InChI is InChI=1S/C14H10F6N4O2S2/c15-13(16,17)9(25)7-1-2-8(27-7)10(26)23-3-5-24(6-4-23)12-22-21-11(28-12)14(18,19)20/h1-2H,3-6H2. The van der Waals surface area contributed by atoms with Gasteiger partial charge in [-0.1, -0.05) is 11.3 Å². The number of ketones is 1. The van der Waals surface area contributed by atoms with Crippen molar-refractivity contribution in [2.75, 3.05) is 31.1 Å². The van der Waals surface area contributed by atoms with Crippen LogP contribution in [0.2, 0.25) is 0 Å². The Morgan fingerprint density at radius 3 is 2.04 bits per heavy atom. The van der Waals surface area contributed by atoms with Gasteiger partial charge in [0.25, 0.3) is 11.7 Å². The fraction of sp³-hybridized carbons (Fsp3) is 0.429. The van der Waals surface area contributed by atoms with Gasteiger partial charge in [-0.05, 0) is 12.1 Å². The average Bonchev–Trinajstić information content (AvgIpc) is 3.29. The van der Waals surface area contributed by atoms with E-state index in [4.69, 9.17) is 0 Å². The summed E-state index contributed by atoms with van der Waals surface area (Å²) in [6.45, 7) is 0.663. The molecule has 0 spiro atoms. The van der Waals surface area contributed by atoms with Crippen molar-refractivity contribution in [1.82, 2.24) is 15.1 Å². The Balaban J connectivity index is 1.62. The van der Waals surface area contributed by atoms with E-state index >= 15 is 0 Å². The maximum absolute atomic E-state index is 12.6. The van der Waals surface area contributed by atoms with Crippen molar-refractivity contribution in [2.24, 2.45) is 0 Å². The molecule has 6 nitrogen and oxygen atoms in total. The molecule has 0 unspecified atom stereocenters. The second-order valence-electron chi connectivity index (χ2n) is 5.66. The van der Waals surface area contributed by atoms with E-state index < -0.39 is 33.9 Å². The molecule has 28 heavy (non-hydrogen) atoms. The van der Waals surface area contributed by atoms with Crippen molar-refractivity contribution in [3.63, 3.8) is 0 Å². The zero-order valence-corrected chi connectivity index (χ0v) is 15.3. The quantitative estimate of drug-likeness (QED) is 0.537. The number of piperazine rings is 1. The molecule has 1 aliphatic heterocycles. The molecule has 14 heteroatoms. The second kappa shape index (κ2) is 7.31. The Morgan fingerprint density at radius 2 is 1.50 bits per heavy atom. The number of alkyl halides is 6. The van der Waals surface area contributed by atoms with Gasteiger partial charge in [0.2, 0.25) is 10.1 Å². The lowest BCUT2D eigenvalue weighted by atomic mass is 10.3. The molecule has 1 saturated heterocycles. The Kier molecular flexibility index (Phi) is 5.36. The number of carbonyl (C=O) groups excluding carboxylic acids is 2. The second-order valence-corrected chi connectivity index (χ2v) is 7.70. The third-order valence-corrected chi connectivity index (χ3v) is 5.89. The summed E-state index contributed by atoms with van der Waals surface area (Å²) in [6.07, 6.45) is -9.60. The molecule has 0 aliphatic carbocycles.